The van der Waals surface area contributed by atoms with E-state index < -0.39 is 5.97 Å². The van der Waals surface area contributed by atoms with E-state index in [1.807, 2.05) is 24.5 Å². The van der Waals surface area contributed by atoms with Crippen molar-refractivity contribution in [3.05, 3.63) is 53.3 Å². The van der Waals surface area contributed by atoms with Crippen LogP contribution in [0.4, 0.5) is 0 Å². The molecule has 0 unspecified atom stereocenters. The van der Waals surface area contributed by atoms with Crippen molar-refractivity contribution in [2.75, 3.05) is 0 Å². The summed E-state index contributed by atoms with van der Waals surface area (Å²) < 4.78 is 1.77. The zero-order valence-corrected chi connectivity index (χ0v) is 8.48. The molecule has 0 saturated heterocycles. The van der Waals surface area contributed by atoms with E-state index in [1.165, 1.54) is 6.07 Å². The number of hydrogen-bond acceptors (Lipinski definition) is 1. The van der Waals surface area contributed by atoms with E-state index in [0.717, 1.165) is 0 Å². The van der Waals surface area contributed by atoms with Crippen LogP contribution in [-0.4, -0.2) is 15.6 Å². The van der Waals surface area contributed by atoms with Crippen molar-refractivity contribution in [3.63, 3.8) is 0 Å². The van der Waals surface area contributed by atoms with Crippen LogP contribution in [0.2, 0.25) is 5.02 Å². The number of aromatic carboxylic acids is 1. The molecule has 3 nitrogen and oxygen atoms in total. The van der Waals surface area contributed by atoms with Crippen LogP contribution in [0, 0.1) is 0 Å². The van der Waals surface area contributed by atoms with Crippen LogP contribution in [-0.2, 0) is 0 Å². The second-order valence-corrected chi connectivity index (χ2v) is 3.47. The number of nitrogens with zero attached hydrogens (tertiary/aromatic N) is 1. The highest BCUT2D eigenvalue weighted by molar-refractivity contribution is 6.32. The molecule has 0 fully saturated rings. The molecule has 0 bridgehead atoms. The van der Waals surface area contributed by atoms with Crippen molar-refractivity contribution in [1.29, 1.82) is 0 Å². The van der Waals surface area contributed by atoms with Crippen LogP contribution in [0.5, 0.6) is 0 Å². The number of benzene rings is 1. The quantitative estimate of drug-likeness (QED) is 0.847. The Labute approximate surface area is 91.5 Å². The van der Waals surface area contributed by atoms with E-state index in [-0.39, 0.29) is 5.56 Å². The number of halogens is 1. The molecule has 0 aliphatic carbocycles. The van der Waals surface area contributed by atoms with Gasteiger partial charge in [-0.3, -0.25) is 0 Å². The van der Waals surface area contributed by atoms with Crippen LogP contribution in [0.25, 0.3) is 5.69 Å². The fraction of sp³-hybridized carbons (Fsp3) is 0. The van der Waals surface area contributed by atoms with Gasteiger partial charge in [0.15, 0.2) is 0 Å². The van der Waals surface area contributed by atoms with E-state index in [4.69, 9.17) is 16.7 Å². The fourth-order valence-electron chi connectivity index (χ4n) is 1.34. The summed E-state index contributed by atoms with van der Waals surface area (Å²) in [7, 11) is 0. The first-order valence-electron chi connectivity index (χ1n) is 4.34. The van der Waals surface area contributed by atoms with Crippen LogP contribution in [0.15, 0.2) is 42.7 Å². The summed E-state index contributed by atoms with van der Waals surface area (Å²) in [6.45, 7) is 0. The number of carboxylic acids is 1. The SMILES string of the molecule is O=C(O)c1ccc(Cl)c(-n2cccc2)c1. The average Bonchev–Trinajstić information content (AvgIpc) is 2.71. The molecule has 0 aliphatic heterocycles. The largest absolute Gasteiger partial charge is 0.478 e. The number of hydrogen-bond donors (Lipinski definition) is 1. The van der Waals surface area contributed by atoms with E-state index in [1.54, 1.807) is 16.7 Å². The minimum atomic E-state index is -0.958. The third kappa shape index (κ3) is 1.87. The van der Waals surface area contributed by atoms with Crippen LogP contribution >= 0.6 is 11.6 Å². The number of carboxylic acid groups (broad SMARTS) is 1. The lowest BCUT2D eigenvalue weighted by Gasteiger charge is -2.06. The minimum absolute atomic E-state index is 0.225. The molecule has 0 spiro atoms. The first-order valence-corrected chi connectivity index (χ1v) is 4.72. The van der Waals surface area contributed by atoms with Gasteiger partial charge in [-0.25, -0.2) is 4.79 Å². The summed E-state index contributed by atoms with van der Waals surface area (Å²) in [4.78, 5) is 10.8. The molecule has 4 heteroatoms. The molecule has 0 aliphatic rings. The monoisotopic (exact) mass is 221 g/mol. The van der Waals surface area contributed by atoms with Crippen molar-refractivity contribution in [1.82, 2.24) is 4.57 Å². The highest BCUT2D eigenvalue weighted by Gasteiger charge is 2.07. The minimum Gasteiger partial charge on any atom is -0.478 e. The van der Waals surface area contributed by atoms with Gasteiger partial charge >= 0.3 is 5.97 Å². The van der Waals surface area contributed by atoms with Gasteiger partial charge in [0.05, 0.1) is 16.3 Å². The van der Waals surface area contributed by atoms with Gasteiger partial charge in [-0.1, -0.05) is 11.6 Å². The molecule has 1 heterocycles. The third-order valence-electron chi connectivity index (χ3n) is 2.08. The Morgan fingerprint density at radius 3 is 2.53 bits per heavy atom. The molecule has 1 N–H and O–H groups in total. The molecule has 0 amide bonds. The Balaban J connectivity index is 2.55. The maximum Gasteiger partial charge on any atom is 0.335 e. The van der Waals surface area contributed by atoms with Gasteiger partial charge in [0.25, 0.3) is 0 Å². The zero-order chi connectivity index (χ0) is 10.8. The lowest BCUT2D eigenvalue weighted by Crippen LogP contribution is -1.99. The topological polar surface area (TPSA) is 42.2 Å². The summed E-state index contributed by atoms with van der Waals surface area (Å²) in [5, 5.41) is 9.37. The van der Waals surface area contributed by atoms with E-state index in [9.17, 15) is 4.79 Å². The molecule has 2 aromatic rings. The summed E-state index contributed by atoms with van der Waals surface area (Å²) >= 11 is 5.98. The highest BCUT2D eigenvalue weighted by Crippen LogP contribution is 2.21. The van der Waals surface area contributed by atoms with Crippen LogP contribution in [0.3, 0.4) is 0 Å². The Kier molecular flexibility index (Phi) is 2.47. The number of aromatic nitrogens is 1. The van der Waals surface area contributed by atoms with Gasteiger partial charge in [0, 0.05) is 12.4 Å². The third-order valence-corrected chi connectivity index (χ3v) is 2.40. The molecule has 1 aromatic carbocycles. The molecule has 0 saturated carbocycles. The second-order valence-electron chi connectivity index (χ2n) is 3.06. The lowest BCUT2D eigenvalue weighted by molar-refractivity contribution is 0.0697. The first-order chi connectivity index (χ1) is 7.18. The molecule has 0 atom stereocenters. The van der Waals surface area contributed by atoms with Crippen molar-refractivity contribution in [3.8, 4) is 5.69 Å². The number of carbonyl (C=O) groups is 1. The van der Waals surface area contributed by atoms with Crippen molar-refractivity contribution in [2.24, 2.45) is 0 Å². The van der Waals surface area contributed by atoms with Gasteiger partial charge in [0.1, 0.15) is 0 Å². The van der Waals surface area contributed by atoms with Crippen LogP contribution < -0.4 is 0 Å². The molecule has 76 valence electrons. The van der Waals surface area contributed by atoms with Gasteiger partial charge in [-0.2, -0.15) is 0 Å². The Bertz CT molecular complexity index is 491. The molecular weight excluding hydrogens is 214 g/mol. The average molecular weight is 222 g/mol. The molecular formula is C11H8ClNO2. The van der Waals surface area contributed by atoms with Crippen molar-refractivity contribution in [2.45, 2.75) is 0 Å². The predicted molar refractivity (Wildman–Crippen MR) is 57.7 cm³/mol. The predicted octanol–water partition coefficient (Wildman–Crippen LogP) is 2.83. The van der Waals surface area contributed by atoms with Crippen LogP contribution in [0.1, 0.15) is 10.4 Å². The molecule has 2 rings (SSSR count). The van der Waals surface area contributed by atoms with E-state index in [0.29, 0.717) is 10.7 Å². The zero-order valence-electron chi connectivity index (χ0n) is 7.72. The van der Waals surface area contributed by atoms with Crippen molar-refractivity contribution >= 4 is 17.6 Å². The van der Waals surface area contributed by atoms with E-state index >= 15 is 0 Å². The van der Waals surface area contributed by atoms with E-state index in [2.05, 4.69) is 0 Å². The molecule has 1 aromatic heterocycles. The summed E-state index contributed by atoms with van der Waals surface area (Å²) in [5.74, 6) is -0.958. The number of rotatable bonds is 2. The fourth-order valence-corrected chi connectivity index (χ4v) is 1.55. The maximum absolute atomic E-state index is 10.8. The standard InChI is InChI=1S/C11H8ClNO2/c12-9-4-3-8(11(14)15)7-10(9)13-5-1-2-6-13/h1-7H,(H,14,15). The summed E-state index contributed by atoms with van der Waals surface area (Å²) in [6.07, 6.45) is 3.62. The molecule has 0 radical (unpaired) electrons. The Morgan fingerprint density at radius 2 is 1.93 bits per heavy atom. The Morgan fingerprint density at radius 1 is 1.27 bits per heavy atom. The summed E-state index contributed by atoms with van der Waals surface area (Å²) in [5.41, 5.74) is 0.893. The van der Waals surface area contributed by atoms with Gasteiger partial charge in [-0.05, 0) is 30.3 Å². The molecule has 15 heavy (non-hydrogen) atoms. The maximum atomic E-state index is 10.8. The first kappa shape index (κ1) is 9.80. The smallest absolute Gasteiger partial charge is 0.335 e. The summed E-state index contributed by atoms with van der Waals surface area (Å²) in [6, 6.07) is 8.32. The van der Waals surface area contributed by atoms with Gasteiger partial charge < -0.3 is 9.67 Å². The van der Waals surface area contributed by atoms with Crippen molar-refractivity contribution < 1.29 is 9.90 Å². The van der Waals surface area contributed by atoms with Gasteiger partial charge in [0.2, 0.25) is 0 Å². The second kappa shape index (κ2) is 3.79. The highest BCUT2D eigenvalue weighted by atomic mass is 35.5. The van der Waals surface area contributed by atoms with Gasteiger partial charge in [-0.15, -0.1) is 0 Å². The normalized spacial score (nSPS) is 10.2. The lowest BCUT2D eigenvalue weighted by atomic mass is 10.2. The Hall–Kier alpha value is -1.74.